The predicted molar refractivity (Wildman–Crippen MR) is 132 cm³/mol. The molecule has 0 heterocycles. The lowest BCUT2D eigenvalue weighted by Gasteiger charge is -2.09. The van der Waals surface area contributed by atoms with Gasteiger partial charge in [0.1, 0.15) is 11.5 Å². The summed E-state index contributed by atoms with van der Waals surface area (Å²) < 4.78 is 11.2. The first-order chi connectivity index (χ1) is 14.7. The van der Waals surface area contributed by atoms with Crippen LogP contribution in [0.1, 0.15) is 63.8 Å². The average molecular weight is 409 g/mol. The molecule has 164 valence electrons. The van der Waals surface area contributed by atoms with Crippen LogP contribution in [-0.4, -0.2) is 6.79 Å². The second-order valence-corrected chi connectivity index (χ2v) is 6.03. The van der Waals surface area contributed by atoms with Crippen molar-refractivity contribution in [3.8, 4) is 11.5 Å². The average Bonchev–Trinajstić information content (AvgIpc) is 2.82. The largest absolute Gasteiger partial charge is 0.458 e. The van der Waals surface area contributed by atoms with Crippen molar-refractivity contribution >= 4 is 0 Å². The summed E-state index contributed by atoms with van der Waals surface area (Å²) >= 11 is 0. The maximum Gasteiger partial charge on any atom is 0.230 e. The minimum atomic E-state index is 0.209. The molecule has 0 spiro atoms. The zero-order valence-corrected chi connectivity index (χ0v) is 20.2. The highest BCUT2D eigenvalue weighted by molar-refractivity contribution is 5.32. The van der Waals surface area contributed by atoms with Gasteiger partial charge in [-0.2, -0.15) is 0 Å². The number of ether oxygens (including phenoxy) is 2. The minimum Gasteiger partial charge on any atom is -0.458 e. The second kappa shape index (κ2) is 17.1. The fourth-order valence-corrected chi connectivity index (χ4v) is 2.45. The Morgan fingerprint density at radius 1 is 0.467 bits per heavy atom. The van der Waals surface area contributed by atoms with E-state index < -0.39 is 0 Å². The third kappa shape index (κ3) is 10.7. The van der Waals surface area contributed by atoms with Crippen molar-refractivity contribution < 1.29 is 9.47 Å². The van der Waals surface area contributed by atoms with Crippen molar-refractivity contribution in [3.05, 3.63) is 95.1 Å². The van der Waals surface area contributed by atoms with Gasteiger partial charge in [-0.3, -0.25) is 0 Å². The summed E-state index contributed by atoms with van der Waals surface area (Å²) in [7, 11) is 0. The third-order valence-electron chi connectivity index (χ3n) is 3.92. The molecule has 0 saturated heterocycles. The fraction of sp³-hybridized carbons (Fsp3) is 0.357. The molecular formula is C28H40O2. The van der Waals surface area contributed by atoms with Crippen LogP contribution in [-0.2, 0) is 6.42 Å². The molecule has 0 bridgehead atoms. The molecule has 0 aromatic heterocycles. The number of aryl methyl sites for hydroxylation is 2. The van der Waals surface area contributed by atoms with Gasteiger partial charge in [0.05, 0.1) is 0 Å². The van der Waals surface area contributed by atoms with E-state index in [9.17, 15) is 0 Å². The summed E-state index contributed by atoms with van der Waals surface area (Å²) in [4.78, 5) is 0. The van der Waals surface area contributed by atoms with Crippen molar-refractivity contribution in [2.75, 3.05) is 6.79 Å². The topological polar surface area (TPSA) is 18.5 Å². The molecule has 30 heavy (non-hydrogen) atoms. The van der Waals surface area contributed by atoms with E-state index in [-0.39, 0.29) is 6.79 Å². The summed E-state index contributed by atoms with van der Waals surface area (Å²) in [5, 5.41) is 0. The second-order valence-electron chi connectivity index (χ2n) is 6.03. The Morgan fingerprint density at radius 3 is 1.17 bits per heavy atom. The zero-order chi connectivity index (χ0) is 22.8. The van der Waals surface area contributed by atoms with E-state index in [1.807, 2.05) is 77.9 Å². The highest BCUT2D eigenvalue weighted by atomic mass is 16.7. The van der Waals surface area contributed by atoms with Gasteiger partial charge in [0, 0.05) is 0 Å². The van der Waals surface area contributed by atoms with Crippen molar-refractivity contribution in [2.24, 2.45) is 0 Å². The van der Waals surface area contributed by atoms with Gasteiger partial charge in [-0.15, -0.1) is 0 Å². The van der Waals surface area contributed by atoms with Gasteiger partial charge < -0.3 is 9.47 Å². The molecule has 0 aliphatic rings. The smallest absolute Gasteiger partial charge is 0.230 e. The summed E-state index contributed by atoms with van der Waals surface area (Å²) in [6, 6.07) is 24.8. The molecule has 0 saturated carbocycles. The van der Waals surface area contributed by atoms with Crippen molar-refractivity contribution in [3.63, 3.8) is 0 Å². The third-order valence-corrected chi connectivity index (χ3v) is 3.92. The molecule has 0 N–H and O–H groups in total. The fourth-order valence-electron chi connectivity index (χ4n) is 2.45. The number of rotatable bonds is 6. The van der Waals surface area contributed by atoms with E-state index in [0.29, 0.717) is 0 Å². The Hall–Kier alpha value is -2.74. The van der Waals surface area contributed by atoms with Gasteiger partial charge in [0.15, 0.2) is 0 Å². The monoisotopic (exact) mass is 408 g/mol. The standard InChI is InChI=1S/C22H22O2.3C2H6/c1-17-3-7-19(8-4-17)15-20-9-13-22(14-10-20)24-16-23-21-11-5-18(2)6-12-21;3*1-2/h3-14H,15-16H2,1-2H3;3*1-2H3. The quantitative estimate of drug-likeness (QED) is 0.381. The lowest BCUT2D eigenvalue weighted by Crippen LogP contribution is -2.05. The number of benzene rings is 3. The van der Waals surface area contributed by atoms with Gasteiger partial charge in [0.25, 0.3) is 0 Å². The van der Waals surface area contributed by atoms with E-state index in [2.05, 4.69) is 50.2 Å². The van der Waals surface area contributed by atoms with Crippen molar-refractivity contribution in [1.29, 1.82) is 0 Å². The van der Waals surface area contributed by atoms with Gasteiger partial charge in [-0.05, 0) is 55.7 Å². The molecule has 3 aromatic carbocycles. The van der Waals surface area contributed by atoms with Crippen LogP contribution in [0.3, 0.4) is 0 Å². The lowest BCUT2D eigenvalue weighted by molar-refractivity contribution is 0.120. The lowest BCUT2D eigenvalue weighted by atomic mass is 10.0. The molecule has 2 nitrogen and oxygen atoms in total. The van der Waals surface area contributed by atoms with Crippen LogP contribution in [0.15, 0.2) is 72.8 Å². The Balaban J connectivity index is 0.00000129. The van der Waals surface area contributed by atoms with Crippen molar-refractivity contribution in [2.45, 2.75) is 61.8 Å². The molecular weight excluding hydrogens is 368 g/mol. The van der Waals surface area contributed by atoms with Gasteiger partial charge >= 0.3 is 0 Å². The summed E-state index contributed by atoms with van der Waals surface area (Å²) in [6.07, 6.45) is 0.931. The molecule has 0 atom stereocenters. The highest BCUT2D eigenvalue weighted by Gasteiger charge is 1.99. The SMILES string of the molecule is CC.CC.CC.Cc1ccc(Cc2ccc(OCOc3ccc(C)cc3)cc2)cc1. The molecule has 0 amide bonds. The van der Waals surface area contributed by atoms with Gasteiger partial charge in [-0.25, -0.2) is 0 Å². The normalized spacial score (nSPS) is 8.93. The number of hydrogen-bond acceptors (Lipinski definition) is 2. The maximum absolute atomic E-state index is 5.64. The van der Waals surface area contributed by atoms with E-state index in [1.165, 1.54) is 22.3 Å². The molecule has 0 fully saturated rings. The van der Waals surface area contributed by atoms with Gasteiger partial charge in [0.2, 0.25) is 6.79 Å². The van der Waals surface area contributed by atoms with Crippen LogP contribution in [0.25, 0.3) is 0 Å². The molecule has 0 aliphatic carbocycles. The van der Waals surface area contributed by atoms with Crippen LogP contribution < -0.4 is 9.47 Å². The Kier molecular flexibility index (Phi) is 15.6. The summed E-state index contributed by atoms with van der Waals surface area (Å²) in [5.41, 5.74) is 5.09. The van der Waals surface area contributed by atoms with Crippen LogP contribution in [0.4, 0.5) is 0 Å². The molecule has 0 unspecified atom stereocenters. The van der Waals surface area contributed by atoms with Gasteiger partial charge in [-0.1, -0.05) is 101 Å². The Morgan fingerprint density at radius 2 is 0.767 bits per heavy atom. The minimum absolute atomic E-state index is 0.209. The molecule has 0 aliphatic heterocycles. The molecule has 0 radical (unpaired) electrons. The zero-order valence-electron chi connectivity index (χ0n) is 20.2. The predicted octanol–water partition coefficient (Wildman–Crippen LogP) is 8.39. The summed E-state index contributed by atoms with van der Waals surface area (Å²) in [5.74, 6) is 1.63. The summed E-state index contributed by atoms with van der Waals surface area (Å²) in [6.45, 7) is 16.4. The highest BCUT2D eigenvalue weighted by Crippen LogP contribution is 2.17. The first-order valence-electron chi connectivity index (χ1n) is 11.2. The molecule has 3 rings (SSSR count). The first-order valence-corrected chi connectivity index (χ1v) is 11.2. The van der Waals surface area contributed by atoms with Crippen molar-refractivity contribution in [1.82, 2.24) is 0 Å². The Labute approximate surface area is 184 Å². The van der Waals surface area contributed by atoms with Crippen LogP contribution in [0.2, 0.25) is 0 Å². The van der Waals surface area contributed by atoms with E-state index >= 15 is 0 Å². The van der Waals surface area contributed by atoms with Crippen LogP contribution in [0, 0.1) is 13.8 Å². The molecule has 3 aromatic rings. The van der Waals surface area contributed by atoms with Crippen LogP contribution in [0.5, 0.6) is 11.5 Å². The van der Waals surface area contributed by atoms with E-state index in [0.717, 1.165) is 17.9 Å². The van der Waals surface area contributed by atoms with E-state index in [1.54, 1.807) is 0 Å². The maximum atomic E-state index is 5.64. The van der Waals surface area contributed by atoms with E-state index in [4.69, 9.17) is 9.47 Å². The first kappa shape index (κ1) is 27.3. The molecule has 2 heteroatoms. The Bertz CT molecular complexity index is 757. The number of hydrogen-bond donors (Lipinski definition) is 0. The van der Waals surface area contributed by atoms with Crippen LogP contribution >= 0.6 is 0 Å².